The second kappa shape index (κ2) is 8.56. The van der Waals surface area contributed by atoms with Gasteiger partial charge in [0, 0.05) is 36.6 Å². The van der Waals surface area contributed by atoms with Crippen LogP contribution < -0.4 is 15.4 Å². The molecule has 2 N–H and O–H groups in total. The fraction of sp³-hybridized carbons (Fsp3) is 0.188. The summed E-state index contributed by atoms with van der Waals surface area (Å²) in [5, 5.41) is 5.21. The van der Waals surface area contributed by atoms with Crippen molar-refractivity contribution in [2.45, 2.75) is 13.0 Å². The summed E-state index contributed by atoms with van der Waals surface area (Å²) < 4.78 is 28.3. The molecule has 0 aliphatic heterocycles. The number of carbonyl (C=O) groups excluding carboxylic acids is 2. The number of amides is 2. The zero-order valence-electron chi connectivity index (χ0n) is 12.5. The van der Waals surface area contributed by atoms with Crippen molar-refractivity contribution >= 4 is 17.5 Å². The van der Waals surface area contributed by atoms with Gasteiger partial charge in [-0.05, 0) is 36.4 Å². The number of halogens is 2. The van der Waals surface area contributed by atoms with Crippen LogP contribution in [0.5, 0.6) is 5.75 Å². The van der Waals surface area contributed by atoms with E-state index >= 15 is 0 Å². The molecule has 0 aliphatic rings. The molecule has 126 valence electrons. The molecule has 0 bridgehead atoms. The first-order valence-electron chi connectivity index (χ1n) is 7.07. The summed E-state index contributed by atoms with van der Waals surface area (Å²) in [6.07, 6.45) is 3.08. The van der Waals surface area contributed by atoms with E-state index in [1.165, 1.54) is 36.7 Å². The highest BCUT2D eigenvalue weighted by molar-refractivity contribution is 5.95. The molecule has 6 nitrogen and oxygen atoms in total. The van der Waals surface area contributed by atoms with Crippen molar-refractivity contribution in [3.05, 3.63) is 54.4 Å². The average molecular weight is 335 g/mol. The number of anilines is 1. The van der Waals surface area contributed by atoms with Gasteiger partial charge >= 0.3 is 6.61 Å². The Hall–Kier alpha value is -3.03. The molecule has 0 unspecified atom stereocenters. The predicted molar refractivity (Wildman–Crippen MR) is 82.9 cm³/mol. The number of rotatable bonds is 7. The molecule has 1 aromatic carbocycles. The molecular weight excluding hydrogens is 320 g/mol. The largest absolute Gasteiger partial charge is 0.435 e. The van der Waals surface area contributed by atoms with Crippen molar-refractivity contribution < 1.29 is 23.1 Å². The van der Waals surface area contributed by atoms with E-state index in [-0.39, 0.29) is 30.5 Å². The second-order valence-electron chi connectivity index (χ2n) is 4.69. The summed E-state index contributed by atoms with van der Waals surface area (Å²) in [6.45, 7) is -2.73. The van der Waals surface area contributed by atoms with Crippen LogP contribution in [-0.4, -0.2) is 30.0 Å². The molecular formula is C16H15F2N3O3. The monoisotopic (exact) mass is 335 g/mol. The maximum atomic E-state index is 12.0. The van der Waals surface area contributed by atoms with Gasteiger partial charge < -0.3 is 15.4 Å². The number of nitrogens with one attached hydrogen (secondary N) is 2. The lowest BCUT2D eigenvalue weighted by Gasteiger charge is -2.08. The second-order valence-corrected chi connectivity index (χ2v) is 4.69. The minimum Gasteiger partial charge on any atom is -0.435 e. The third-order valence-electron chi connectivity index (χ3n) is 2.94. The summed E-state index contributed by atoms with van der Waals surface area (Å²) in [5.74, 6) is -0.598. The van der Waals surface area contributed by atoms with E-state index in [1.807, 2.05) is 0 Å². The van der Waals surface area contributed by atoms with Crippen LogP contribution in [0.25, 0.3) is 0 Å². The zero-order valence-corrected chi connectivity index (χ0v) is 12.5. The first kappa shape index (κ1) is 17.3. The van der Waals surface area contributed by atoms with Gasteiger partial charge in [-0.3, -0.25) is 14.6 Å². The van der Waals surface area contributed by atoms with E-state index in [0.29, 0.717) is 11.3 Å². The third-order valence-corrected chi connectivity index (χ3v) is 2.94. The number of aromatic nitrogens is 1. The van der Waals surface area contributed by atoms with Gasteiger partial charge in [0.15, 0.2) is 0 Å². The van der Waals surface area contributed by atoms with Gasteiger partial charge in [-0.1, -0.05) is 0 Å². The molecule has 0 spiro atoms. The zero-order chi connectivity index (χ0) is 17.4. The van der Waals surface area contributed by atoms with Crippen molar-refractivity contribution in [3.8, 4) is 5.75 Å². The normalized spacial score (nSPS) is 10.3. The van der Waals surface area contributed by atoms with Crippen LogP contribution in [-0.2, 0) is 4.79 Å². The van der Waals surface area contributed by atoms with Crippen molar-refractivity contribution in [1.29, 1.82) is 0 Å². The summed E-state index contributed by atoms with van der Waals surface area (Å²) in [6, 6.07) is 8.69. The van der Waals surface area contributed by atoms with Crippen LogP contribution in [0, 0.1) is 0 Å². The lowest BCUT2D eigenvalue weighted by Crippen LogP contribution is -2.27. The number of carbonyl (C=O) groups is 2. The van der Waals surface area contributed by atoms with E-state index in [2.05, 4.69) is 20.4 Å². The van der Waals surface area contributed by atoms with E-state index < -0.39 is 6.61 Å². The molecule has 1 aromatic heterocycles. The molecule has 0 aliphatic carbocycles. The first-order chi connectivity index (χ1) is 11.5. The lowest BCUT2D eigenvalue weighted by molar-refractivity contribution is -0.116. The summed E-state index contributed by atoms with van der Waals surface area (Å²) in [5.41, 5.74) is 0.905. The smallest absolute Gasteiger partial charge is 0.387 e. The van der Waals surface area contributed by atoms with Crippen molar-refractivity contribution in [1.82, 2.24) is 10.3 Å². The van der Waals surface area contributed by atoms with Crippen LogP contribution in [0.3, 0.4) is 0 Å². The Balaban J connectivity index is 1.74. The number of nitrogens with zero attached hydrogens (tertiary/aromatic N) is 1. The van der Waals surface area contributed by atoms with Crippen LogP contribution in [0.15, 0.2) is 48.8 Å². The molecule has 0 atom stereocenters. The summed E-state index contributed by atoms with van der Waals surface area (Å²) >= 11 is 0. The molecule has 0 radical (unpaired) electrons. The number of hydrogen-bond acceptors (Lipinski definition) is 4. The van der Waals surface area contributed by atoms with Crippen LogP contribution in [0.1, 0.15) is 16.8 Å². The topological polar surface area (TPSA) is 80.3 Å². The maximum Gasteiger partial charge on any atom is 0.387 e. The van der Waals surface area contributed by atoms with Gasteiger partial charge in [-0.2, -0.15) is 8.78 Å². The number of alkyl halides is 2. The average Bonchev–Trinajstić information content (AvgIpc) is 2.57. The van der Waals surface area contributed by atoms with E-state index in [9.17, 15) is 18.4 Å². The number of benzene rings is 1. The highest BCUT2D eigenvalue weighted by Crippen LogP contribution is 2.17. The third kappa shape index (κ3) is 5.64. The molecule has 2 aromatic rings. The highest BCUT2D eigenvalue weighted by atomic mass is 19.3. The maximum absolute atomic E-state index is 12.0. The van der Waals surface area contributed by atoms with Gasteiger partial charge in [0.05, 0.1) is 0 Å². The minimum absolute atomic E-state index is 0.00705. The molecule has 1 heterocycles. The highest BCUT2D eigenvalue weighted by Gasteiger charge is 2.07. The van der Waals surface area contributed by atoms with Gasteiger partial charge in [-0.15, -0.1) is 0 Å². The van der Waals surface area contributed by atoms with Crippen LogP contribution in [0.2, 0.25) is 0 Å². The fourth-order valence-electron chi connectivity index (χ4n) is 1.84. The quantitative estimate of drug-likeness (QED) is 0.814. The van der Waals surface area contributed by atoms with Crippen LogP contribution in [0.4, 0.5) is 14.5 Å². The van der Waals surface area contributed by atoms with Gasteiger partial charge in [-0.25, -0.2) is 0 Å². The lowest BCUT2D eigenvalue weighted by atomic mass is 10.2. The number of pyridine rings is 1. The Bertz CT molecular complexity index is 679. The minimum atomic E-state index is -2.89. The van der Waals surface area contributed by atoms with Gasteiger partial charge in [0.25, 0.3) is 5.91 Å². The molecule has 0 saturated heterocycles. The Kier molecular flexibility index (Phi) is 6.18. The Morgan fingerprint density at radius 3 is 2.38 bits per heavy atom. The number of ether oxygens (including phenoxy) is 1. The van der Waals surface area contributed by atoms with E-state index in [0.717, 1.165) is 0 Å². The molecule has 8 heteroatoms. The molecule has 24 heavy (non-hydrogen) atoms. The van der Waals surface area contributed by atoms with Crippen molar-refractivity contribution in [2.24, 2.45) is 0 Å². The van der Waals surface area contributed by atoms with E-state index in [4.69, 9.17) is 0 Å². The van der Waals surface area contributed by atoms with Gasteiger partial charge in [0.2, 0.25) is 5.91 Å². The first-order valence-corrected chi connectivity index (χ1v) is 7.07. The number of hydrogen-bond donors (Lipinski definition) is 2. The Morgan fingerprint density at radius 1 is 1.08 bits per heavy atom. The molecule has 2 rings (SSSR count). The van der Waals surface area contributed by atoms with Gasteiger partial charge in [0.1, 0.15) is 5.75 Å². The fourth-order valence-corrected chi connectivity index (χ4v) is 1.84. The molecule has 0 fully saturated rings. The standard InChI is InChI=1S/C16H15F2N3O3/c17-16(18)24-13-3-1-12(2-4-13)21-14(22)7-10-20-15(23)11-5-8-19-9-6-11/h1-6,8-9,16H,7,10H2,(H,20,23)(H,21,22). The predicted octanol–water partition coefficient (Wildman–Crippen LogP) is 2.44. The SMILES string of the molecule is O=C(CCNC(=O)c1ccncc1)Nc1ccc(OC(F)F)cc1. The Labute approximate surface area is 136 Å². The summed E-state index contributed by atoms with van der Waals surface area (Å²) in [4.78, 5) is 27.3. The van der Waals surface area contributed by atoms with Crippen LogP contribution >= 0.6 is 0 Å². The summed E-state index contributed by atoms with van der Waals surface area (Å²) in [7, 11) is 0. The molecule has 0 saturated carbocycles. The van der Waals surface area contributed by atoms with E-state index in [1.54, 1.807) is 12.1 Å². The van der Waals surface area contributed by atoms with Crippen molar-refractivity contribution in [2.75, 3.05) is 11.9 Å². The van der Waals surface area contributed by atoms with Crippen molar-refractivity contribution in [3.63, 3.8) is 0 Å². The molecule has 2 amide bonds. The Morgan fingerprint density at radius 2 is 1.75 bits per heavy atom.